The lowest BCUT2D eigenvalue weighted by Crippen LogP contribution is -2.59. The molecule has 6 heterocycles. The van der Waals surface area contributed by atoms with E-state index >= 15 is 0 Å². The van der Waals surface area contributed by atoms with E-state index in [1.807, 2.05) is 0 Å². The van der Waals surface area contributed by atoms with Gasteiger partial charge < -0.3 is 25.6 Å². The molecule has 4 N–H and O–H groups in total. The lowest BCUT2D eigenvalue weighted by Gasteiger charge is -2.49. The normalized spacial score (nSPS) is 23.0. The Morgan fingerprint density at radius 1 is 1.11 bits per heavy atom. The van der Waals surface area contributed by atoms with Gasteiger partial charge in [-0.1, -0.05) is 0 Å². The van der Waals surface area contributed by atoms with Crippen LogP contribution < -0.4 is 25.6 Å². The third-order valence-electron chi connectivity index (χ3n) is 8.06. The van der Waals surface area contributed by atoms with Crippen LogP contribution in [0.2, 0.25) is 0 Å². The van der Waals surface area contributed by atoms with E-state index in [4.69, 9.17) is 20.4 Å². The van der Waals surface area contributed by atoms with Crippen LogP contribution in [0.1, 0.15) is 46.5 Å². The average molecular weight is 516 g/mol. The van der Waals surface area contributed by atoms with Gasteiger partial charge in [-0.05, 0) is 31.2 Å². The van der Waals surface area contributed by atoms with Crippen molar-refractivity contribution in [2.75, 3.05) is 41.7 Å². The number of nitrogen functional groups attached to an aromatic ring is 1. The number of H-pyrrole nitrogens is 1. The van der Waals surface area contributed by atoms with Crippen molar-refractivity contribution in [3.05, 3.63) is 33.5 Å². The third-order valence-corrected chi connectivity index (χ3v) is 9.14. The molecule has 3 aromatic heterocycles. The van der Waals surface area contributed by atoms with E-state index in [0.29, 0.717) is 58.6 Å². The second-order valence-corrected chi connectivity index (χ2v) is 11.5. The Balaban J connectivity index is 1.24. The summed E-state index contributed by atoms with van der Waals surface area (Å²) < 4.78 is 5.94. The second-order valence-electron chi connectivity index (χ2n) is 10.3. The van der Waals surface area contributed by atoms with Crippen molar-refractivity contribution in [3.63, 3.8) is 0 Å². The van der Waals surface area contributed by atoms with Gasteiger partial charge in [-0.25, -0.2) is 0 Å². The molecule has 0 radical (unpaired) electrons. The van der Waals surface area contributed by atoms with E-state index < -0.39 is 0 Å². The lowest BCUT2D eigenvalue weighted by atomic mass is 9.74. The summed E-state index contributed by atoms with van der Waals surface area (Å²) in [5.41, 5.74) is 8.84. The highest BCUT2D eigenvalue weighted by atomic mass is 32.1. The Labute approximate surface area is 217 Å². The Morgan fingerprint density at radius 3 is 2.51 bits per heavy atom. The summed E-state index contributed by atoms with van der Waals surface area (Å²) in [6.07, 6.45) is 5.73. The molecule has 1 spiro atoms. The van der Waals surface area contributed by atoms with Crippen LogP contribution in [0.15, 0.2) is 6.20 Å². The van der Waals surface area contributed by atoms with Crippen LogP contribution in [0, 0.1) is 22.7 Å². The van der Waals surface area contributed by atoms with Gasteiger partial charge in [0.2, 0.25) is 0 Å². The fourth-order valence-corrected chi connectivity index (χ4v) is 7.56. The summed E-state index contributed by atoms with van der Waals surface area (Å²) in [6.45, 7) is 3.09. The first kappa shape index (κ1) is 22.3. The topological polar surface area (TPSA) is 169 Å². The molecule has 3 fully saturated rings. The number of aryl methyl sites for hydroxylation is 1. The molecule has 188 valence electrons. The zero-order valence-electron chi connectivity index (χ0n) is 20.1. The van der Waals surface area contributed by atoms with Crippen molar-refractivity contribution in [3.8, 4) is 18.1 Å². The molecule has 3 aliphatic heterocycles. The van der Waals surface area contributed by atoms with Crippen molar-refractivity contribution >= 4 is 28.0 Å². The Morgan fingerprint density at radius 2 is 1.84 bits per heavy atom. The molecule has 7 rings (SSSR count). The van der Waals surface area contributed by atoms with Gasteiger partial charge in [-0.15, -0.1) is 11.3 Å². The Bertz CT molecular complexity index is 1430. The average Bonchev–Trinajstić information content (AvgIpc) is 3.66. The standard InChI is InChI=1S/C24H25N11OS/c25-5-16-19-18(37-20(16)27)3-4-24(19)11-35(12-24)22-17(6-26)21(34-8-13-1-2-14(9-34)29-13)30-23(31-22)36-10-15-7-28-33-32-15/h7,13-14,29H,1-4,8-12,27H2,(H,28,32,33). The molecule has 13 heteroatoms. The number of nitrogens with zero attached hydrogens (tertiary/aromatic N) is 8. The number of hydrogen-bond acceptors (Lipinski definition) is 12. The molecule has 4 aliphatic rings. The Hall–Kier alpha value is -3.94. The summed E-state index contributed by atoms with van der Waals surface area (Å²) in [5.74, 6) is 1.20. The monoisotopic (exact) mass is 515 g/mol. The number of nitrogens with one attached hydrogen (secondary N) is 2. The number of rotatable bonds is 5. The van der Waals surface area contributed by atoms with Crippen LogP contribution in [-0.4, -0.2) is 63.6 Å². The number of hydrogen-bond donors (Lipinski definition) is 3. The molecule has 37 heavy (non-hydrogen) atoms. The second kappa shape index (κ2) is 8.30. The predicted molar refractivity (Wildman–Crippen MR) is 135 cm³/mol. The molecular formula is C24H25N11OS. The van der Waals surface area contributed by atoms with Gasteiger partial charge in [-0.2, -0.15) is 35.9 Å². The van der Waals surface area contributed by atoms with E-state index in [9.17, 15) is 10.5 Å². The maximum absolute atomic E-state index is 10.3. The smallest absolute Gasteiger partial charge is 0.320 e. The fourth-order valence-electron chi connectivity index (χ4n) is 6.42. The minimum atomic E-state index is -0.137. The molecule has 0 amide bonds. The van der Waals surface area contributed by atoms with Gasteiger partial charge in [0.15, 0.2) is 11.6 Å². The molecular weight excluding hydrogens is 490 g/mol. The van der Waals surface area contributed by atoms with Gasteiger partial charge >= 0.3 is 6.01 Å². The van der Waals surface area contributed by atoms with Gasteiger partial charge in [0.05, 0.1) is 11.8 Å². The summed E-state index contributed by atoms with van der Waals surface area (Å²) in [7, 11) is 0. The van der Waals surface area contributed by atoms with Crippen LogP contribution in [0.3, 0.4) is 0 Å². The van der Waals surface area contributed by atoms with Crippen LogP contribution in [0.5, 0.6) is 6.01 Å². The van der Waals surface area contributed by atoms with Crippen molar-refractivity contribution in [1.82, 2.24) is 30.7 Å². The summed E-state index contributed by atoms with van der Waals surface area (Å²) >= 11 is 1.53. The molecule has 0 saturated carbocycles. The highest BCUT2D eigenvalue weighted by Gasteiger charge is 2.52. The largest absolute Gasteiger partial charge is 0.457 e. The Kier molecular flexibility index (Phi) is 4.99. The van der Waals surface area contributed by atoms with E-state index in [2.05, 4.69) is 42.7 Å². The van der Waals surface area contributed by atoms with Crippen LogP contribution in [-0.2, 0) is 18.4 Å². The maximum atomic E-state index is 10.3. The first-order valence-corrected chi connectivity index (χ1v) is 13.3. The molecule has 3 aromatic rings. The molecule has 1 aliphatic carbocycles. The van der Waals surface area contributed by atoms with Crippen LogP contribution in [0.25, 0.3) is 0 Å². The third kappa shape index (κ3) is 3.49. The van der Waals surface area contributed by atoms with Crippen LogP contribution in [0.4, 0.5) is 16.6 Å². The van der Waals surface area contributed by atoms with E-state index in [1.54, 1.807) is 6.20 Å². The number of thiophene rings is 1. The number of fused-ring (bicyclic) bond motifs is 4. The van der Waals surface area contributed by atoms with E-state index in [0.717, 1.165) is 44.3 Å². The number of anilines is 3. The van der Waals surface area contributed by atoms with Gasteiger partial charge in [0.1, 0.15) is 35.0 Å². The number of piperazine rings is 1. The van der Waals surface area contributed by atoms with Crippen LogP contribution >= 0.6 is 11.3 Å². The van der Waals surface area contributed by atoms with Gasteiger partial charge in [-0.3, -0.25) is 0 Å². The zero-order valence-corrected chi connectivity index (χ0v) is 20.9. The number of nitriles is 2. The highest BCUT2D eigenvalue weighted by Crippen LogP contribution is 2.53. The highest BCUT2D eigenvalue weighted by molar-refractivity contribution is 7.16. The quantitative estimate of drug-likeness (QED) is 0.446. The lowest BCUT2D eigenvalue weighted by molar-refractivity contribution is 0.273. The van der Waals surface area contributed by atoms with Crippen molar-refractivity contribution in [1.29, 1.82) is 10.5 Å². The summed E-state index contributed by atoms with van der Waals surface area (Å²) in [4.78, 5) is 15.0. The SMILES string of the molecule is N#Cc1c(N2CC3CCC(C2)N3)nc(OCc2cn[nH]n2)nc1N1CC2(CCc3sc(N)c(C#N)c32)C1. The number of ether oxygens (including phenoxy) is 1. The molecule has 2 unspecified atom stereocenters. The summed E-state index contributed by atoms with van der Waals surface area (Å²) in [6, 6.07) is 5.72. The molecule has 12 nitrogen and oxygen atoms in total. The molecule has 2 bridgehead atoms. The molecule has 0 aromatic carbocycles. The number of nitrogens with two attached hydrogens (primary N) is 1. The molecule has 3 saturated heterocycles. The summed E-state index contributed by atoms with van der Waals surface area (Å²) in [5, 5.41) is 34.7. The number of aromatic nitrogens is 5. The van der Waals surface area contributed by atoms with Crippen molar-refractivity contribution in [2.24, 2.45) is 0 Å². The van der Waals surface area contributed by atoms with E-state index in [-0.39, 0.29) is 18.0 Å². The maximum Gasteiger partial charge on any atom is 0.320 e. The van der Waals surface area contributed by atoms with Crippen molar-refractivity contribution < 1.29 is 4.74 Å². The number of aromatic amines is 1. The molecule has 2 atom stereocenters. The minimum Gasteiger partial charge on any atom is -0.457 e. The zero-order chi connectivity index (χ0) is 25.1. The van der Waals surface area contributed by atoms with E-state index in [1.165, 1.54) is 16.2 Å². The van der Waals surface area contributed by atoms with Crippen molar-refractivity contribution in [2.45, 2.75) is 49.8 Å². The van der Waals surface area contributed by atoms with Gasteiger partial charge in [0.25, 0.3) is 0 Å². The first-order valence-electron chi connectivity index (χ1n) is 12.4. The minimum absolute atomic E-state index is 0.137. The first-order chi connectivity index (χ1) is 18.1. The van der Waals surface area contributed by atoms with Gasteiger partial charge in [0, 0.05) is 48.6 Å². The predicted octanol–water partition coefficient (Wildman–Crippen LogP) is 1.21. The fraction of sp³-hybridized carbons (Fsp3) is 0.500.